The molecule has 6 heteroatoms. The van der Waals surface area contributed by atoms with Crippen molar-refractivity contribution in [3.05, 3.63) is 58.9 Å². The first kappa shape index (κ1) is 18.2. The first-order valence-electron chi connectivity index (χ1n) is 7.90. The number of carbonyl (C=O) groups is 1. The first-order chi connectivity index (χ1) is 11.6. The Morgan fingerprint density at radius 3 is 2.92 bits per heavy atom. The molecule has 1 heterocycles. The number of amides is 1. The molecule has 0 aliphatic heterocycles. The van der Waals surface area contributed by atoms with Gasteiger partial charge in [-0.15, -0.1) is 0 Å². The van der Waals surface area contributed by atoms with Gasteiger partial charge in [-0.25, -0.2) is 0 Å². The molecule has 2 N–H and O–H groups in total. The van der Waals surface area contributed by atoms with Crippen LogP contribution in [0.1, 0.15) is 24.5 Å². The fourth-order valence-electron chi connectivity index (χ4n) is 2.17. The van der Waals surface area contributed by atoms with Crippen LogP contribution in [-0.4, -0.2) is 24.0 Å². The Labute approximate surface area is 147 Å². The summed E-state index contributed by atoms with van der Waals surface area (Å²) < 4.78 is 5.89. The molecule has 0 fully saturated rings. The van der Waals surface area contributed by atoms with E-state index in [1.54, 1.807) is 12.4 Å². The molecule has 0 atom stereocenters. The maximum Gasteiger partial charge on any atom is 0.216 e. The molecule has 1 aromatic carbocycles. The maximum atomic E-state index is 10.8. The minimum Gasteiger partial charge on any atom is -0.489 e. The molecule has 0 radical (unpaired) electrons. The molecule has 5 nitrogen and oxygen atoms in total. The minimum atomic E-state index is -0.00377. The zero-order valence-corrected chi connectivity index (χ0v) is 14.5. The van der Waals surface area contributed by atoms with Crippen molar-refractivity contribution in [1.82, 2.24) is 15.6 Å². The molecule has 0 unspecified atom stereocenters. The van der Waals surface area contributed by atoms with Gasteiger partial charge in [0.2, 0.25) is 5.91 Å². The molecule has 0 bridgehead atoms. The summed E-state index contributed by atoms with van der Waals surface area (Å²) in [7, 11) is 0. The third-order valence-electron chi connectivity index (χ3n) is 3.36. The molecule has 1 aromatic heterocycles. The molecular weight excluding hydrogens is 326 g/mol. The summed E-state index contributed by atoms with van der Waals surface area (Å²) in [5.41, 5.74) is 2.02. The molecule has 128 valence electrons. The van der Waals surface area contributed by atoms with Gasteiger partial charge in [-0.2, -0.15) is 0 Å². The second-order valence-electron chi connectivity index (χ2n) is 5.42. The molecule has 2 aromatic rings. The van der Waals surface area contributed by atoms with E-state index in [2.05, 4.69) is 15.6 Å². The lowest BCUT2D eigenvalue weighted by atomic mass is 10.2. The van der Waals surface area contributed by atoms with Crippen LogP contribution in [0, 0.1) is 0 Å². The van der Waals surface area contributed by atoms with Gasteiger partial charge in [0, 0.05) is 48.6 Å². The number of nitrogens with one attached hydrogen (secondary N) is 2. The van der Waals surface area contributed by atoms with Gasteiger partial charge in [-0.3, -0.25) is 9.78 Å². The number of nitrogens with zero attached hydrogens (tertiary/aromatic N) is 1. The van der Waals surface area contributed by atoms with E-state index in [-0.39, 0.29) is 5.91 Å². The Hall–Kier alpha value is -2.11. The monoisotopic (exact) mass is 347 g/mol. The molecule has 0 aliphatic rings. The van der Waals surface area contributed by atoms with Crippen molar-refractivity contribution in [2.75, 3.05) is 13.1 Å². The Morgan fingerprint density at radius 2 is 2.17 bits per heavy atom. The van der Waals surface area contributed by atoms with E-state index in [1.165, 1.54) is 6.92 Å². The quantitative estimate of drug-likeness (QED) is 0.685. The number of benzene rings is 1. The van der Waals surface area contributed by atoms with Gasteiger partial charge in [-0.1, -0.05) is 17.7 Å². The van der Waals surface area contributed by atoms with E-state index < -0.39 is 0 Å². The third kappa shape index (κ3) is 6.56. The second kappa shape index (κ2) is 9.90. The number of pyridine rings is 1. The van der Waals surface area contributed by atoms with E-state index in [0.29, 0.717) is 24.7 Å². The van der Waals surface area contributed by atoms with Crippen LogP contribution in [0.5, 0.6) is 5.75 Å². The van der Waals surface area contributed by atoms with Crippen molar-refractivity contribution in [2.24, 2.45) is 0 Å². The topological polar surface area (TPSA) is 63.2 Å². The van der Waals surface area contributed by atoms with E-state index in [0.717, 1.165) is 29.8 Å². The van der Waals surface area contributed by atoms with Gasteiger partial charge in [0.25, 0.3) is 0 Å². The van der Waals surface area contributed by atoms with Crippen molar-refractivity contribution in [3.8, 4) is 5.75 Å². The van der Waals surface area contributed by atoms with E-state index >= 15 is 0 Å². The lowest BCUT2D eigenvalue weighted by Gasteiger charge is -2.13. The number of hydrogen-bond acceptors (Lipinski definition) is 4. The lowest BCUT2D eigenvalue weighted by Crippen LogP contribution is -2.25. The molecule has 0 saturated heterocycles. The number of carbonyl (C=O) groups excluding carboxylic acids is 1. The van der Waals surface area contributed by atoms with Crippen molar-refractivity contribution in [2.45, 2.75) is 26.5 Å². The maximum absolute atomic E-state index is 10.8. The van der Waals surface area contributed by atoms with Crippen LogP contribution >= 0.6 is 11.6 Å². The van der Waals surface area contributed by atoms with Crippen LogP contribution in [0.25, 0.3) is 0 Å². The summed E-state index contributed by atoms with van der Waals surface area (Å²) in [6.07, 6.45) is 4.39. The highest BCUT2D eigenvalue weighted by Crippen LogP contribution is 2.23. The van der Waals surface area contributed by atoms with E-state index in [9.17, 15) is 4.79 Å². The number of ether oxygens (including phenoxy) is 1. The van der Waals surface area contributed by atoms with Crippen molar-refractivity contribution in [3.63, 3.8) is 0 Å². The molecule has 0 aliphatic carbocycles. The van der Waals surface area contributed by atoms with Crippen molar-refractivity contribution in [1.29, 1.82) is 0 Å². The third-order valence-corrected chi connectivity index (χ3v) is 3.59. The summed E-state index contributed by atoms with van der Waals surface area (Å²) in [5, 5.41) is 6.79. The Bertz CT molecular complexity index is 650. The van der Waals surface area contributed by atoms with E-state index in [4.69, 9.17) is 16.3 Å². The van der Waals surface area contributed by atoms with Crippen LogP contribution in [0.15, 0.2) is 42.7 Å². The summed E-state index contributed by atoms with van der Waals surface area (Å²) in [5.74, 6) is 0.800. The van der Waals surface area contributed by atoms with Crippen LogP contribution in [0.2, 0.25) is 5.02 Å². The molecule has 0 spiro atoms. The van der Waals surface area contributed by atoms with Gasteiger partial charge >= 0.3 is 0 Å². The number of rotatable bonds is 9. The molecule has 24 heavy (non-hydrogen) atoms. The van der Waals surface area contributed by atoms with E-state index in [1.807, 2.05) is 30.3 Å². The van der Waals surface area contributed by atoms with Gasteiger partial charge in [0.1, 0.15) is 12.4 Å². The zero-order valence-electron chi connectivity index (χ0n) is 13.7. The normalized spacial score (nSPS) is 10.4. The first-order valence-corrected chi connectivity index (χ1v) is 8.28. The highest BCUT2D eigenvalue weighted by atomic mass is 35.5. The van der Waals surface area contributed by atoms with Crippen molar-refractivity contribution >= 4 is 17.5 Å². The van der Waals surface area contributed by atoms with Gasteiger partial charge in [0.05, 0.1) is 0 Å². The average molecular weight is 348 g/mol. The predicted molar refractivity (Wildman–Crippen MR) is 95.0 cm³/mol. The average Bonchev–Trinajstić information content (AvgIpc) is 2.58. The number of halogens is 1. The van der Waals surface area contributed by atoms with Crippen molar-refractivity contribution < 1.29 is 9.53 Å². The molecule has 0 saturated carbocycles. The smallest absolute Gasteiger partial charge is 0.216 e. The van der Waals surface area contributed by atoms with Crippen LogP contribution in [0.3, 0.4) is 0 Å². The van der Waals surface area contributed by atoms with Gasteiger partial charge in [-0.05, 0) is 37.2 Å². The Balaban J connectivity index is 1.84. The van der Waals surface area contributed by atoms with Gasteiger partial charge < -0.3 is 15.4 Å². The SMILES string of the molecule is CC(=O)NCCCNCc1cc(Cl)ccc1OCc1cccnc1. The standard InChI is InChI=1S/C18H22ClN3O2/c1-14(23)22-9-3-8-21-12-16-10-17(19)5-6-18(16)24-13-15-4-2-7-20-11-15/h2,4-7,10-11,21H,3,8-9,12-13H2,1H3,(H,22,23). The number of aromatic nitrogens is 1. The summed E-state index contributed by atoms with van der Waals surface area (Å²) in [4.78, 5) is 14.9. The minimum absolute atomic E-state index is 0.00377. The Kier molecular flexibility index (Phi) is 7.52. The second-order valence-corrected chi connectivity index (χ2v) is 5.85. The fourth-order valence-corrected chi connectivity index (χ4v) is 2.37. The van der Waals surface area contributed by atoms with Gasteiger partial charge in [0.15, 0.2) is 0 Å². The van der Waals surface area contributed by atoms with Crippen LogP contribution < -0.4 is 15.4 Å². The largest absolute Gasteiger partial charge is 0.489 e. The summed E-state index contributed by atoms with van der Waals surface area (Å²) >= 11 is 6.09. The lowest BCUT2D eigenvalue weighted by molar-refractivity contribution is -0.118. The predicted octanol–water partition coefficient (Wildman–Crippen LogP) is 2.93. The molecule has 1 amide bonds. The molecule has 2 rings (SSSR count). The summed E-state index contributed by atoms with van der Waals surface area (Å²) in [6.45, 7) is 4.11. The Morgan fingerprint density at radius 1 is 1.29 bits per heavy atom. The fraction of sp³-hybridized carbons (Fsp3) is 0.333. The molecular formula is C18H22ClN3O2. The van der Waals surface area contributed by atoms with Crippen LogP contribution in [0.4, 0.5) is 0 Å². The van der Waals surface area contributed by atoms with Crippen LogP contribution in [-0.2, 0) is 17.9 Å². The number of hydrogen-bond donors (Lipinski definition) is 2. The zero-order chi connectivity index (χ0) is 17.2. The summed E-state index contributed by atoms with van der Waals surface area (Å²) in [6, 6.07) is 9.47. The highest BCUT2D eigenvalue weighted by molar-refractivity contribution is 6.30. The highest BCUT2D eigenvalue weighted by Gasteiger charge is 2.05.